The van der Waals surface area contributed by atoms with E-state index in [1.807, 2.05) is 24.3 Å². The monoisotopic (exact) mass is 391 g/mol. The van der Waals surface area contributed by atoms with Gasteiger partial charge in [-0.25, -0.2) is 4.79 Å². The van der Waals surface area contributed by atoms with Crippen molar-refractivity contribution in [3.8, 4) is 0 Å². The van der Waals surface area contributed by atoms with E-state index in [1.54, 1.807) is 0 Å². The summed E-state index contributed by atoms with van der Waals surface area (Å²) in [4.78, 5) is 25.9. The Labute approximate surface area is 162 Å². The van der Waals surface area contributed by atoms with Crippen molar-refractivity contribution in [3.05, 3.63) is 50.9 Å². The molecule has 0 bridgehead atoms. The second-order valence-electron chi connectivity index (χ2n) is 6.72. The second kappa shape index (κ2) is 8.23. The molecule has 26 heavy (non-hydrogen) atoms. The third-order valence-electron chi connectivity index (χ3n) is 4.71. The minimum absolute atomic E-state index is 0.100. The zero-order chi connectivity index (χ0) is 18.7. The van der Waals surface area contributed by atoms with Crippen LogP contribution in [0.1, 0.15) is 46.1 Å². The number of esters is 1. The zero-order valence-corrected chi connectivity index (χ0v) is 16.5. The number of amides is 1. The maximum absolute atomic E-state index is 12.4. The number of aryl methyl sites for hydroxylation is 1. The van der Waals surface area contributed by atoms with E-state index in [9.17, 15) is 9.59 Å². The molecule has 0 saturated carbocycles. The molecule has 1 aromatic heterocycles. The van der Waals surface area contributed by atoms with Crippen LogP contribution < -0.4 is 5.32 Å². The van der Waals surface area contributed by atoms with Gasteiger partial charge in [-0.3, -0.25) is 4.79 Å². The quantitative estimate of drug-likeness (QED) is 0.738. The van der Waals surface area contributed by atoms with Crippen LogP contribution in [0.15, 0.2) is 24.3 Å². The van der Waals surface area contributed by atoms with E-state index in [4.69, 9.17) is 16.3 Å². The van der Waals surface area contributed by atoms with Crippen LogP contribution in [0.2, 0.25) is 5.02 Å². The predicted octanol–water partition coefficient (Wildman–Crippen LogP) is 4.88. The number of thiophene rings is 1. The third-order valence-corrected chi connectivity index (χ3v) is 6.13. The Hall–Kier alpha value is -1.85. The molecule has 3 rings (SSSR count). The van der Waals surface area contributed by atoms with Crippen molar-refractivity contribution in [2.45, 2.75) is 39.0 Å². The smallest absolute Gasteiger partial charge is 0.341 e. The van der Waals surface area contributed by atoms with Gasteiger partial charge in [0.05, 0.1) is 12.7 Å². The summed E-state index contributed by atoms with van der Waals surface area (Å²) >= 11 is 7.39. The fourth-order valence-electron chi connectivity index (χ4n) is 3.25. The van der Waals surface area contributed by atoms with E-state index < -0.39 is 0 Å². The third kappa shape index (κ3) is 4.27. The molecule has 1 unspecified atom stereocenters. The van der Waals surface area contributed by atoms with Crippen molar-refractivity contribution in [1.29, 1.82) is 0 Å². The first-order valence-electron chi connectivity index (χ1n) is 8.75. The highest BCUT2D eigenvalue weighted by Gasteiger charge is 2.28. The number of anilines is 1. The number of hydrogen-bond acceptors (Lipinski definition) is 4. The number of ether oxygens (including phenoxy) is 1. The van der Waals surface area contributed by atoms with Crippen LogP contribution in [0, 0.1) is 5.92 Å². The Kier molecular flexibility index (Phi) is 5.99. The lowest BCUT2D eigenvalue weighted by Crippen LogP contribution is -2.16. The van der Waals surface area contributed by atoms with Crippen LogP contribution in [-0.4, -0.2) is 19.0 Å². The van der Waals surface area contributed by atoms with Gasteiger partial charge in [0.25, 0.3) is 0 Å². The van der Waals surface area contributed by atoms with Gasteiger partial charge in [0.1, 0.15) is 5.00 Å². The van der Waals surface area contributed by atoms with E-state index in [0.29, 0.717) is 34.3 Å². The number of nitrogens with one attached hydrogen (secondary N) is 1. The molecule has 0 fully saturated rings. The summed E-state index contributed by atoms with van der Waals surface area (Å²) in [5, 5.41) is 4.23. The second-order valence-corrected chi connectivity index (χ2v) is 8.26. The molecule has 138 valence electrons. The fraction of sp³-hybridized carbons (Fsp3) is 0.400. The molecule has 2 aromatic rings. The highest BCUT2D eigenvalue weighted by Crippen LogP contribution is 2.40. The zero-order valence-electron chi connectivity index (χ0n) is 14.9. The number of methoxy groups -OCH3 is 1. The molecule has 1 aliphatic carbocycles. The van der Waals surface area contributed by atoms with Gasteiger partial charge in [0, 0.05) is 16.3 Å². The predicted molar refractivity (Wildman–Crippen MR) is 105 cm³/mol. The van der Waals surface area contributed by atoms with Crippen molar-refractivity contribution >= 4 is 39.8 Å². The van der Waals surface area contributed by atoms with Gasteiger partial charge in [0.15, 0.2) is 0 Å². The van der Waals surface area contributed by atoms with Crippen molar-refractivity contribution in [1.82, 2.24) is 0 Å². The van der Waals surface area contributed by atoms with Crippen molar-refractivity contribution in [2.24, 2.45) is 5.92 Å². The first-order valence-corrected chi connectivity index (χ1v) is 9.94. The van der Waals surface area contributed by atoms with E-state index in [2.05, 4.69) is 12.2 Å². The van der Waals surface area contributed by atoms with Crippen LogP contribution in [0.4, 0.5) is 5.00 Å². The summed E-state index contributed by atoms with van der Waals surface area (Å²) in [6.45, 7) is 2.21. The van der Waals surface area contributed by atoms with Crippen LogP contribution in [0.25, 0.3) is 0 Å². The molecule has 0 radical (unpaired) electrons. The first-order chi connectivity index (χ1) is 12.5. The molecular weight excluding hydrogens is 370 g/mol. The molecule has 4 nitrogen and oxygen atoms in total. The summed E-state index contributed by atoms with van der Waals surface area (Å²) in [7, 11) is 1.38. The Bertz CT molecular complexity index is 813. The van der Waals surface area contributed by atoms with Gasteiger partial charge >= 0.3 is 5.97 Å². The standard InChI is InChI=1S/C20H22ClNO3S/c1-12-3-9-15-16(11-12)26-19(18(15)20(24)25-2)22-17(23)10-6-13-4-7-14(21)8-5-13/h4-5,7-8,12H,3,6,9-11H2,1-2H3,(H,22,23). The lowest BCUT2D eigenvalue weighted by atomic mass is 9.88. The van der Waals surface area contributed by atoms with Gasteiger partial charge in [-0.15, -0.1) is 11.3 Å². The van der Waals surface area contributed by atoms with Crippen LogP contribution in [0.3, 0.4) is 0 Å². The minimum Gasteiger partial charge on any atom is -0.465 e. The lowest BCUT2D eigenvalue weighted by Gasteiger charge is -2.18. The maximum Gasteiger partial charge on any atom is 0.341 e. The van der Waals surface area contributed by atoms with E-state index in [0.717, 1.165) is 30.4 Å². The van der Waals surface area contributed by atoms with Crippen molar-refractivity contribution in [2.75, 3.05) is 12.4 Å². The van der Waals surface area contributed by atoms with Crippen LogP contribution >= 0.6 is 22.9 Å². The summed E-state index contributed by atoms with van der Waals surface area (Å²) in [6.07, 6.45) is 3.83. The molecule has 1 N–H and O–H groups in total. The Morgan fingerprint density at radius 2 is 2.04 bits per heavy atom. The van der Waals surface area contributed by atoms with Gasteiger partial charge < -0.3 is 10.1 Å². The molecule has 1 atom stereocenters. The molecule has 0 saturated heterocycles. The molecule has 0 aliphatic heterocycles. The molecule has 1 aromatic carbocycles. The number of fused-ring (bicyclic) bond motifs is 1. The normalized spacial score (nSPS) is 16.0. The van der Waals surface area contributed by atoms with Gasteiger partial charge in [-0.2, -0.15) is 0 Å². The molecule has 1 amide bonds. The number of carbonyl (C=O) groups is 2. The van der Waals surface area contributed by atoms with Gasteiger partial charge in [-0.1, -0.05) is 30.7 Å². The average Bonchev–Trinajstić information content (AvgIpc) is 2.97. The van der Waals surface area contributed by atoms with E-state index in [-0.39, 0.29) is 11.9 Å². The molecule has 0 spiro atoms. The molecule has 6 heteroatoms. The largest absolute Gasteiger partial charge is 0.465 e. The fourth-order valence-corrected chi connectivity index (χ4v) is 4.80. The number of benzene rings is 1. The SMILES string of the molecule is COC(=O)c1c(NC(=O)CCc2ccc(Cl)cc2)sc2c1CCC(C)C2. The maximum atomic E-state index is 12.4. The minimum atomic E-state index is -0.370. The summed E-state index contributed by atoms with van der Waals surface area (Å²) in [5.74, 6) is 0.127. The van der Waals surface area contributed by atoms with Crippen molar-refractivity contribution in [3.63, 3.8) is 0 Å². The van der Waals surface area contributed by atoms with Gasteiger partial charge in [0.2, 0.25) is 5.91 Å². The highest BCUT2D eigenvalue weighted by atomic mass is 35.5. The summed E-state index contributed by atoms with van der Waals surface area (Å²) in [5.41, 5.74) is 2.64. The lowest BCUT2D eigenvalue weighted by molar-refractivity contribution is -0.116. The number of halogens is 1. The number of hydrogen-bond donors (Lipinski definition) is 1. The van der Waals surface area contributed by atoms with E-state index in [1.165, 1.54) is 23.3 Å². The number of rotatable bonds is 5. The highest BCUT2D eigenvalue weighted by molar-refractivity contribution is 7.17. The Balaban J connectivity index is 1.73. The summed E-state index contributed by atoms with van der Waals surface area (Å²) in [6, 6.07) is 7.47. The number of carbonyl (C=O) groups excluding carboxylic acids is 2. The first kappa shape index (κ1) is 18.9. The topological polar surface area (TPSA) is 55.4 Å². The molecule has 1 heterocycles. The Morgan fingerprint density at radius 1 is 1.31 bits per heavy atom. The Morgan fingerprint density at radius 3 is 2.73 bits per heavy atom. The molecule has 1 aliphatic rings. The molecular formula is C20H22ClNO3S. The van der Waals surface area contributed by atoms with Crippen LogP contribution in [-0.2, 0) is 28.8 Å². The van der Waals surface area contributed by atoms with Crippen LogP contribution in [0.5, 0.6) is 0 Å². The average molecular weight is 392 g/mol. The van der Waals surface area contributed by atoms with E-state index >= 15 is 0 Å². The van der Waals surface area contributed by atoms with Crippen molar-refractivity contribution < 1.29 is 14.3 Å². The van der Waals surface area contributed by atoms with Gasteiger partial charge in [-0.05, 0) is 54.9 Å². The summed E-state index contributed by atoms with van der Waals surface area (Å²) < 4.78 is 4.95.